The topological polar surface area (TPSA) is 61.9 Å². The molecule has 0 atom stereocenters. The van der Waals surface area contributed by atoms with Gasteiger partial charge in [0.1, 0.15) is 6.61 Å². The molecule has 148 valence electrons. The molecule has 6 heteroatoms. The van der Waals surface area contributed by atoms with Gasteiger partial charge in [0.2, 0.25) is 5.91 Å². The zero-order valence-electron chi connectivity index (χ0n) is 16.7. The van der Waals surface area contributed by atoms with Crippen molar-refractivity contribution in [3.8, 4) is 0 Å². The number of hydrogen-bond donors (Lipinski definition) is 1. The highest BCUT2D eigenvalue weighted by molar-refractivity contribution is 5.95. The fraction of sp³-hybridized carbons (Fsp3) is 0.364. The van der Waals surface area contributed by atoms with Crippen molar-refractivity contribution in [1.82, 2.24) is 4.90 Å². The summed E-state index contributed by atoms with van der Waals surface area (Å²) in [7, 11) is 1.48. The lowest BCUT2D eigenvalue weighted by atomic mass is 10.1. The Morgan fingerprint density at radius 1 is 1.11 bits per heavy atom. The molecule has 1 N–H and O–H groups in total. The van der Waals surface area contributed by atoms with E-state index >= 15 is 0 Å². The third-order valence-electron chi connectivity index (χ3n) is 4.97. The van der Waals surface area contributed by atoms with Crippen molar-refractivity contribution in [2.45, 2.75) is 26.8 Å². The summed E-state index contributed by atoms with van der Waals surface area (Å²) in [4.78, 5) is 28.5. The molecule has 1 saturated heterocycles. The second-order valence-corrected chi connectivity index (χ2v) is 7.16. The summed E-state index contributed by atoms with van der Waals surface area (Å²) in [6, 6.07) is 13.7. The predicted molar refractivity (Wildman–Crippen MR) is 111 cm³/mol. The van der Waals surface area contributed by atoms with E-state index in [0.29, 0.717) is 18.8 Å². The molecule has 3 amide bonds. The van der Waals surface area contributed by atoms with Crippen molar-refractivity contribution in [2.24, 2.45) is 0 Å². The lowest BCUT2D eigenvalue weighted by molar-refractivity contribution is -0.119. The summed E-state index contributed by atoms with van der Waals surface area (Å²) < 4.78 is 4.84. The Labute approximate surface area is 166 Å². The molecule has 0 aliphatic carbocycles. The van der Waals surface area contributed by atoms with Gasteiger partial charge in [0, 0.05) is 38.1 Å². The van der Waals surface area contributed by atoms with E-state index in [9.17, 15) is 9.59 Å². The fourth-order valence-electron chi connectivity index (χ4n) is 3.37. The molecular weight excluding hydrogens is 354 g/mol. The first kappa shape index (κ1) is 19.9. The highest BCUT2D eigenvalue weighted by Crippen LogP contribution is 2.24. The van der Waals surface area contributed by atoms with E-state index in [4.69, 9.17) is 4.74 Å². The average molecular weight is 381 g/mol. The molecule has 0 radical (unpaired) electrons. The van der Waals surface area contributed by atoms with E-state index in [2.05, 4.69) is 37.4 Å². The first-order valence-electron chi connectivity index (χ1n) is 9.49. The monoisotopic (exact) mass is 381 g/mol. The van der Waals surface area contributed by atoms with E-state index in [0.717, 1.165) is 24.2 Å². The van der Waals surface area contributed by atoms with Crippen LogP contribution in [0.1, 0.15) is 23.1 Å². The number of aryl methyl sites for hydroxylation is 2. The number of amides is 3. The normalized spacial score (nSPS) is 14.3. The number of anilines is 2. The first-order valence-corrected chi connectivity index (χ1v) is 9.49. The van der Waals surface area contributed by atoms with Crippen LogP contribution in [0.15, 0.2) is 42.5 Å². The summed E-state index contributed by atoms with van der Waals surface area (Å²) in [6.45, 7) is 6.18. The number of ether oxygens (including phenoxy) is 1. The maximum Gasteiger partial charge on any atom is 0.324 e. The molecule has 0 unspecified atom stereocenters. The number of nitrogens with one attached hydrogen (secondary N) is 1. The van der Waals surface area contributed by atoms with Crippen LogP contribution in [0.25, 0.3) is 0 Å². The van der Waals surface area contributed by atoms with Crippen molar-refractivity contribution >= 4 is 23.3 Å². The zero-order valence-corrected chi connectivity index (χ0v) is 16.7. The number of methoxy groups -OCH3 is 1. The van der Waals surface area contributed by atoms with Gasteiger partial charge in [0.15, 0.2) is 0 Å². The molecule has 2 aromatic rings. The van der Waals surface area contributed by atoms with Gasteiger partial charge in [-0.2, -0.15) is 0 Å². The van der Waals surface area contributed by atoms with E-state index < -0.39 is 0 Å². The Morgan fingerprint density at radius 2 is 1.93 bits per heavy atom. The Kier molecular flexibility index (Phi) is 6.31. The summed E-state index contributed by atoms with van der Waals surface area (Å²) in [5.41, 5.74) is 5.06. The van der Waals surface area contributed by atoms with Crippen molar-refractivity contribution < 1.29 is 14.3 Å². The fourth-order valence-corrected chi connectivity index (χ4v) is 3.37. The van der Waals surface area contributed by atoms with Gasteiger partial charge >= 0.3 is 6.03 Å². The lowest BCUT2D eigenvalue weighted by Gasteiger charge is -2.36. The van der Waals surface area contributed by atoms with Crippen molar-refractivity contribution in [1.29, 1.82) is 0 Å². The van der Waals surface area contributed by atoms with E-state index in [1.54, 1.807) is 11.0 Å². The summed E-state index contributed by atoms with van der Waals surface area (Å²) in [5, 5.41) is 2.78. The van der Waals surface area contributed by atoms with Crippen LogP contribution in [0.2, 0.25) is 0 Å². The summed E-state index contributed by atoms with van der Waals surface area (Å²) in [6.07, 6.45) is 0.900. The molecule has 0 saturated carbocycles. The number of carbonyl (C=O) groups is 2. The van der Waals surface area contributed by atoms with Gasteiger partial charge in [-0.25, -0.2) is 4.79 Å². The van der Waals surface area contributed by atoms with Crippen LogP contribution >= 0.6 is 0 Å². The molecule has 2 aromatic carbocycles. The third-order valence-corrected chi connectivity index (χ3v) is 4.97. The van der Waals surface area contributed by atoms with Gasteiger partial charge in [-0.1, -0.05) is 24.3 Å². The molecular formula is C22H27N3O3. The standard InChI is InChI=1S/C22H27N3O3/c1-16-8-9-18(12-17(16)2)14-24-10-5-11-25(22(24)27)20-7-4-6-19(13-20)23-21(26)15-28-3/h4,6-9,12-13H,5,10-11,14-15H2,1-3H3,(H,23,26). The van der Waals surface area contributed by atoms with Crippen LogP contribution in [0.4, 0.5) is 16.2 Å². The van der Waals surface area contributed by atoms with Gasteiger partial charge in [0.25, 0.3) is 0 Å². The maximum atomic E-state index is 13.1. The molecule has 1 aliphatic heterocycles. The van der Waals surface area contributed by atoms with Gasteiger partial charge in [-0.3, -0.25) is 9.69 Å². The Morgan fingerprint density at radius 3 is 2.68 bits per heavy atom. The SMILES string of the molecule is COCC(=O)Nc1cccc(N2CCCN(Cc3ccc(C)c(C)c3)C2=O)c1. The lowest BCUT2D eigenvalue weighted by Crippen LogP contribution is -2.49. The zero-order chi connectivity index (χ0) is 20.1. The van der Waals surface area contributed by atoms with Crippen molar-refractivity contribution in [3.05, 3.63) is 59.2 Å². The third kappa shape index (κ3) is 4.70. The molecule has 0 aromatic heterocycles. The van der Waals surface area contributed by atoms with Gasteiger partial charge in [-0.15, -0.1) is 0 Å². The predicted octanol–water partition coefficient (Wildman–Crippen LogP) is 3.72. The maximum absolute atomic E-state index is 13.1. The van der Waals surface area contributed by atoms with Crippen LogP contribution in [0, 0.1) is 13.8 Å². The van der Waals surface area contributed by atoms with E-state index in [1.165, 1.54) is 18.2 Å². The number of benzene rings is 2. The molecule has 1 fully saturated rings. The molecule has 3 rings (SSSR count). The van der Waals surface area contributed by atoms with E-state index in [1.807, 2.05) is 23.1 Å². The molecule has 0 spiro atoms. The van der Waals surface area contributed by atoms with Crippen LogP contribution in [0.3, 0.4) is 0 Å². The number of nitrogens with zero attached hydrogens (tertiary/aromatic N) is 2. The number of urea groups is 1. The molecule has 0 bridgehead atoms. The largest absolute Gasteiger partial charge is 0.375 e. The quantitative estimate of drug-likeness (QED) is 0.830. The smallest absolute Gasteiger partial charge is 0.324 e. The average Bonchev–Trinajstić information content (AvgIpc) is 2.67. The highest BCUT2D eigenvalue weighted by atomic mass is 16.5. The second-order valence-electron chi connectivity index (χ2n) is 7.16. The van der Waals surface area contributed by atoms with Gasteiger partial charge < -0.3 is 15.0 Å². The Hall–Kier alpha value is -2.86. The highest BCUT2D eigenvalue weighted by Gasteiger charge is 2.27. The van der Waals surface area contributed by atoms with Crippen molar-refractivity contribution in [2.75, 3.05) is 37.0 Å². The summed E-state index contributed by atoms with van der Waals surface area (Å²) in [5.74, 6) is -0.221. The minimum Gasteiger partial charge on any atom is -0.375 e. The Bertz CT molecular complexity index is 866. The first-order chi connectivity index (χ1) is 13.5. The minimum absolute atomic E-state index is 0.00336. The number of rotatable bonds is 6. The molecule has 1 aliphatic rings. The second kappa shape index (κ2) is 8.89. The van der Waals surface area contributed by atoms with Crippen LogP contribution in [0.5, 0.6) is 0 Å². The Balaban J connectivity index is 1.73. The van der Waals surface area contributed by atoms with Gasteiger partial charge in [-0.05, 0) is 55.2 Å². The number of hydrogen-bond acceptors (Lipinski definition) is 3. The van der Waals surface area contributed by atoms with Crippen LogP contribution in [-0.4, -0.2) is 43.6 Å². The number of carbonyl (C=O) groups excluding carboxylic acids is 2. The van der Waals surface area contributed by atoms with Crippen LogP contribution in [-0.2, 0) is 16.1 Å². The molecule has 28 heavy (non-hydrogen) atoms. The van der Waals surface area contributed by atoms with E-state index in [-0.39, 0.29) is 18.5 Å². The molecule has 6 nitrogen and oxygen atoms in total. The van der Waals surface area contributed by atoms with Crippen molar-refractivity contribution in [3.63, 3.8) is 0 Å². The summed E-state index contributed by atoms with van der Waals surface area (Å²) >= 11 is 0. The minimum atomic E-state index is -0.221. The molecule has 1 heterocycles. The van der Waals surface area contributed by atoms with Gasteiger partial charge in [0.05, 0.1) is 0 Å². The van der Waals surface area contributed by atoms with Crippen LogP contribution < -0.4 is 10.2 Å².